The lowest BCUT2D eigenvalue weighted by Crippen LogP contribution is -2.49. The van der Waals surface area contributed by atoms with Gasteiger partial charge in [0.1, 0.15) is 0 Å². The van der Waals surface area contributed by atoms with Crippen molar-refractivity contribution in [2.75, 3.05) is 12.2 Å². The summed E-state index contributed by atoms with van der Waals surface area (Å²) in [4.78, 5) is 24.1. The molecule has 0 radical (unpaired) electrons. The Hall–Kier alpha value is -2.40. The van der Waals surface area contributed by atoms with Crippen molar-refractivity contribution >= 4 is 17.4 Å². The molecular weight excluding hydrogens is 294 g/mol. The van der Waals surface area contributed by atoms with Crippen molar-refractivity contribution < 1.29 is 19.5 Å². The maximum absolute atomic E-state index is 12.4. The maximum atomic E-state index is 12.4. The Kier molecular flexibility index (Phi) is 5.01. The predicted molar refractivity (Wildman–Crippen MR) is 87.6 cm³/mol. The normalized spacial score (nSPS) is 14.2. The van der Waals surface area contributed by atoms with E-state index in [4.69, 9.17) is 0 Å². The second-order valence-electron chi connectivity index (χ2n) is 5.88. The Morgan fingerprint density at radius 1 is 1.17 bits per heavy atom. The number of Topliss-reactive ketones (excluding diaryl/α,β-unsaturated/α-hetero) is 1. The second kappa shape index (κ2) is 6.79. The molecule has 0 aliphatic heterocycles. The first-order valence-electron chi connectivity index (χ1n) is 7.47. The summed E-state index contributed by atoms with van der Waals surface area (Å²) in [6, 6.07) is 6.48. The largest absolute Gasteiger partial charge is 0.467 e. The van der Waals surface area contributed by atoms with Gasteiger partial charge in [-0.3, -0.25) is 10.0 Å². The first kappa shape index (κ1) is 17.0. The lowest BCUT2D eigenvalue weighted by molar-refractivity contribution is -0.148. The van der Waals surface area contributed by atoms with Crippen molar-refractivity contribution in [3.63, 3.8) is 0 Å². The molecular formula is C18H21NO4. The number of hydroxylamine groups is 1. The molecule has 0 bridgehead atoms. The van der Waals surface area contributed by atoms with Crippen LogP contribution in [0.3, 0.4) is 0 Å². The van der Waals surface area contributed by atoms with Gasteiger partial charge in [-0.2, -0.15) is 0 Å². The van der Waals surface area contributed by atoms with E-state index in [2.05, 4.69) is 4.74 Å². The number of methoxy groups -OCH3 is 1. The van der Waals surface area contributed by atoms with Gasteiger partial charge in [0.25, 0.3) is 0 Å². The maximum Gasteiger partial charge on any atom is 0.333 e. The third kappa shape index (κ3) is 3.51. The summed E-state index contributed by atoms with van der Waals surface area (Å²) >= 11 is 0. The molecule has 0 aromatic heterocycles. The summed E-state index contributed by atoms with van der Waals surface area (Å²) in [5, 5.41) is 11.1. The minimum atomic E-state index is -1.23. The van der Waals surface area contributed by atoms with E-state index in [9.17, 15) is 14.8 Å². The molecule has 122 valence electrons. The molecule has 0 saturated heterocycles. The zero-order valence-electron chi connectivity index (χ0n) is 13.6. The van der Waals surface area contributed by atoms with Gasteiger partial charge in [-0.15, -0.1) is 0 Å². The Morgan fingerprint density at radius 3 is 2.35 bits per heavy atom. The van der Waals surface area contributed by atoms with Gasteiger partial charge >= 0.3 is 5.97 Å². The molecule has 0 fully saturated rings. The summed E-state index contributed by atoms with van der Waals surface area (Å²) in [6.45, 7) is 3.10. The van der Waals surface area contributed by atoms with Gasteiger partial charge in [0, 0.05) is 11.1 Å². The molecule has 0 unspecified atom stereocenters. The van der Waals surface area contributed by atoms with Crippen LogP contribution in [0, 0.1) is 0 Å². The van der Waals surface area contributed by atoms with E-state index >= 15 is 0 Å². The number of carbonyl (C=O) groups is 2. The fraction of sp³-hybridized carbons (Fsp3) is 0.333. The molecule has 1 aliphatic rings. The van der Waals surface area contributed by atoms with Crippen LogP contribution < -0.4 is 5.06 Å². The number of rotatable bonds is 5. The second-order valence-corrected chi connectivity index (χ2v) is 5.88. The highest BCUT2D eigenvalue weighted by Gasteiger charge is 2.35. The van der Waals surface area contributed by atoms with Gasteiger partial charge in [-0.05, 0) is 51.0 Å². The molecule has 0 spiro atoms. The third-order valence-electron chi connectivity index (χ3n) is 3.85. The van der Waals surface area contributed by atoms with Crippen LogP contribution in [-0.2, 0) is 9.53 Å². The first-order valence-corrected chi connectivity index (χ1v) is 7.47. The zero-order chi connectivity index (χ0) is 17.0. The summed E-state index contributed by atoms with van der Waals surface area (Å²) in [7, 11) is 1.27. The number of carbonyl (C=O) groups excluding carboxylic acids is 2. The number of ketones is 1. The van der Waals surface area contributed by atoms with Gasteiger partial charge in [-0.25, -0.2) is 9.86 Å². The topological polar surface area (TPSA) is 66.8 Å². The van der Waals surface area contributed by atoms with Crippen molar-refractivity contribution in [2.45, 2.75) is 32.2 Å². The number of ether oxygens (including phenoxy) is 1. The average molecular weight is 315 g/mol. The number of benzene rings is 1. The quantitative estimate of drug-likeness (QED) is 0.513. The number of hydrogen-bond donors (Lipinski definition) is 1. The van der Waals surface area contributed by atoms with Gasteiger partial charge < -0.3 is 4.74 Å². The molecule has 1 aromatic carbocycles. The highest BCUT2D eigenvalue weighted by atomic mass is 16.5. The van der Waals surface area contributed by atoms with E-state index in [1.807, 2.05) is 18.2 Å². The monoisotopic (exact) mass is 315 g/mol. The van der Waals surface area contributed by atoms with Crippen LogP contribution in [0.1, 0.15) is 37.0 Å². The van der Waals surface area contributed by atoms with Gasteiger partial charge in [0.15, 0.2) is 11.3 Å². The van der Waals surface area contributed by atoms with E-state index in [0.717, 1.165) is 17.9 Å². The van der Waals surface area contributed by atoms with E-state index in [-0.39, 0.29) is 5.78 Å². The fourth-order valence-electron chi connectivity index (χ4n) is 2.36. The standard InChI is InChI=1S/C18H21NO4/c1-18(2,17(21)23-3)19(22)15-11-9-14(10-12-15)16(20)13-7-5-4-6-8-13/h5,7-12,22H,4,6H2,1-3H3. The van der Waals surface area contributed by atoms with Gasteiger partial charge in [0.2, 0.25) is 0 Å². The third-order valence-corrected chi connectivity index (χ3v) is 3.85. The highest BCUT2D eigenvalue weighted by Crippen LogP contribution is 2.24. The summed E-state index contributed by atoms with van der Waals surface area (Å²) in [5.74, 6) is -0.609. The number of hydrogen-bond acceptors (Lipinski definition) is 5. The van der Waals surface area contributed by atoms with Crippen LogP contribution in [0.2, 0.25) is 0 Å². The van der Waals surface area contributed by atoms with Crippen LogP contribution >= 0.6 is 0 Å². The van der Waals surface area contributed by atoms with Crippen molar-refractivity contribution in [1.82, 2.24) is 0 Å². The minimum absolute atomic E-state index is 0.0517. The lowest BCUT2D eigenvalue weighted by Gasteiger charge is -2.32. The van der Waals surface area contributed by atoms with Crippen molar-refractivity contribution in [3.05, 3.63) is 53.6 Å². The van der Waals surface area contributed by atoms with Crippen molar-refractivity contribution in [3.8, 4) is 0 Å². The van der Waals surface area contributed by atoms with Gasteiger partial charge in [-0.1, -0.05) is 18.2 Å². The molecule has 23 heavy (non-hydrogen) atoms. The first-order chi connectivity index (χ1) is 10.9. The van der Waals surface area contributed by atoms with Crippen LogP contribution in [0.4, 0.5) is 5.69 Å². The SMILES string of the molecule is COC(=O)C(C)(C)N(O)c1ccc(C(=O)C2=CCCC=C2)cc1. The Morgan fingerprint density at radius 2 is 1.83 bits per heavy atom. The Balaban J connectivity index is 2.19. The summed E-state index contributed by atoms with van der Waals surface area (Å²) < 4.78 is 4.69. The molecule has 1 aliphatic carbocycles. The van der Waals surface area contributed by atoms with Crippen LogP contribution in [-0.4, -0.2) is 29.6 Å². The smallest absolute Gasteiger partial charge is 0.333 e. The summed E-state index contributed by atoms with van der Waals surface area (Å²) in [5.41, 5.74) is 0.398. The Labute approximate surface area is 135 Å². The lowest BCUT2D eigenvalue weighted by atomic mass is 9.98. The average Bonchev–Trinajstić information content (AvgIpc) is 2.60. The molecule has 5 heteroatoms. The van der Waals surface area contributed by atoms with E-state index in [0.29, 0.717) is 16.8 Å². The van der Waals surface area contributed by atoms with Crippen molar-refractivity contribution in [2.24, 2.45) is 0 Å². The number of allylic oxidation sites excluding steroid dienone is 4. The molecule has 1 aromatic rings. The molecule has 0 heterocycles. The van der Waals surface area contributed by atoms with Crippen LogP contribution in [0.25, 0.3) is 0 Å². The van der Waals surface area contributed by atoms with E-state index < -0.39 is 11.5 Å². The molecule has 0 saturated carbocycles. The number of esters is 1. The molecule has 2 rings (SSSR count). The van der Waals surface area contributed by atoms with E-state index in [1.165, 1.54) is 7.11 Å². The number of nitrogens with zero attached hydrogens (tertiary/aromatic N) is 1. The molecule has 1 N–H and O–H groups in total. The molecule has 0 atom stereocenters. The van der Waals surface area contributed by atoms with Crippen LogP contribution in [0.5, 0.6) is 0 Å². The zero-order valence-corrected chi connectivity index (χ0v) is 13.6. The highest BCUT2D eigenvalue weighted by molar-refractivity contribution is 6.10. The van der Waals surface area contributed by atoms with E-state index in [1.54, 1.807) is 38.1 Å². The molecule has 0 amide bonds. The van der Waals surface area contributed by atoms with Crippen LogP contribution in [0.15, 0.2) is 48.1 Å². The minimum Gasteiger partial charge on any atom is -0.467 e. The summed E-state index contributed by atoms with van der Waals surface area (Å²) in [6.07, 6.45) is 7.56. The Bertz CT molecular complexity index is 656. The predicted octanol–water partition coefficient (Wildman–Crippen LogP) is 3.29. The molecule has 5 nitrogen and oxygen atoms in total. The van der Waals surface area contributed by atoms with Crippen molar-refractivity contribution in [1.29, 1.82) is 0 Å². The van der Waals surface area contributed by atoms with Gasteiger partial charge in [0.05, 0.1) is 12.8 Å². The fourth-order valence-corrected chi connectivity index (χ4v) is 2.36. The number of anilines is 1.